The van der Waals surface area contributed by atoms with Crippen molar-refractivity contribution < 1.29 is 20.1 Å². The topological polar surface area (TPSA) is 93.0 Å². The summed E-state index contributed by atoms with van der Waals surface area (Å²) in [7, 11) is 0. The van der Waals surface area contributed by atoms with Crippen LogP contribution < -0.4 is 5.32 Å². The molecule has 1 aromatic rings. The monoisotopic (exact) mass is 308 g/mol. The Hall–Kier alpha value is -1.47. The first-order valence-electron chi connectivity index (χ1n) is 7.55. The molecule has 1 aliphatic rings. The maximum absolute atomic E-state index is 11.2. The average molecular weight is 308 g/mol. The first kappa shape index (κ1) is 16.9. The van der Waals surface area contributed by atoms with Gasteiger partial charge >= 0.3 is 0 Å². The zero-order valence-corrected chi connectivity index (χ0v) is 12.7. The molecule has 1 amide bonds. The number of rotatable bonds is 5. The number of benzene rings is 1. The van der Waals surface area contributed by atoms with Crippen molar-refractivity contribution in [2.45, 2.75) is 37.6 Å². The molecule has 4 atom stereocenters. The van der Waals surface area contributed by atoms with Crippen molar-refractivity contribution in [1.29, 1.82) is 0 Å². The number of carbonyl (C=O) groups excluding carboxylic acids is 1. The van der Waals surface area contributed by atoms with Crippen LogP contribution in [0.1, 0.15) is 12.5 Å². The van der Waals surface area contributed by atoms with Crippen molar-refractivity contribution in [3.8, 4) is 0 Å². The molecule has 0 aliphatic carbocycles. The van der Waals surface area contributed by atoms with Crippen molar-refractivity contribution in [2.75, 3.05) is 19.7 Å². The van der Waals surface area contributed by atoms with Gasteiger partial charge in [0.05, 0.1) is 24.8 Å². The second-order valence-electron chi connectivity index (χ2n) is 5.77. The summed E-state index contributed by atoms with van der Waals surface area (Å²) < 4.78 is 0. The van der Waals surface area contributed by atoms with Crippen LogP contribution >= 0.6 is 0 Å². The molecule has 0 radical (unpaired) electrons. The third kappa shape index (κ3) is 4.04. The van der Waals surface area contributed by atoms with Crippen LogP contribution in [-0.2, 0) is 11.2 Å². The van der Waals surface area contributed by atoms with Crippen molar-refractivity contribution >= 4 is 5.91 Å². The molecule has 1 heterocycles. The molecule has 1 aliphatic heterocycles. The molecule has 0 saturated carbocycles. The zero-order chi connectivity index (χ0) is 16.1. The summed E-state index contributed by atoms with van der Waals surface area (Å²) in [5.41, 5.74) is 1.16. The van der Waals surface area contributed by atoms with Crippen molar-refractivity contribution in [2.24, 2.45) is 0 Å². The smallest absolute Gasteiger partial charge is 0.217 e. The second kappa shape index (κ2) is 7.69. The highest BCUT2D eigenvalue weighted by Crippen LogP contribution is 2.19. The first-order valence-corrected chi connectivity index (χ1v) is 7.55. The number of carbonyl (C=O) groups is 1. The molecule has 0 bridgehead atoms. The number of aliphatic hydroxyl groups is 3. The van der Waals surface area contributed by atoms with E-state index < -0.39 is 24.3 Å². The van der Waals surface area contributed by atoms with Crippen LogP contribution in [0.5, 0.6) is 0 Å². The van der Waals surface area contributed by atoms with E-state index in [1.165, 1.54) is 6.92 Å². The molecule has 4 N–H and O–H groups in total. The van der Waals surface area contributed by atoms with Crippen LogP contribution in [0, 0.1) is 0 Å². The number of piperidine rings is 1. The minimum absolute atomic E-state index is 0.236. The predicted octanol–water partition coefficient (Wildman–Crippen LogP) is -0.868. The lowest BCUT2D eigenvalue weighted by atomic mass is 9.92. The van der Waals surface area contributed by atoms with Gasteiger partial charge in [-0.3, -0.25) is 9.69 Å². The summed E-state index contributed by atoms with van der Waals surface area (Å²) >= 11 is 0. The molecule has 22 heavy (non-hydrogen) atoms. The largest absolute Gasteiger partial charge is 0.395 e. The van der Waals surface area contributed by atoms with Crippen LogP contribution in [0.3, 0.4) is 0 Å². The minimum atomic E-state index is -1.09. The molecule has 122 valence electrons. The zero-order valence-electron chi connectivity index (χ0n) is 12.7. The Morgan fingerprint density at radius 3 is 2.55 bits per heavy atom. The molecule has 1 saturated heterocycles. The third-order valence-corrected chi connectivity index (χ3v) is 4.16. The fraction of sp³-hybridized carbons (Fsp3) is 0.562. The van der Waals surface area contributed by atoms with E-state index in [2.05, 4.69) is 5.32 Å². The van der Waals surface area contributed by atoms with Crippen LogP contribution in [0.15, 0.2) is 30.3 Å². The van der Waals surface area contributed by atoms with E-state index in [1.54, 1.807) is 0 Å². The van der Waals surface area contributed by atoms with Crippen LogP contribution in [0.4, 0.5) is 0 Å². The van der Waals surface area contributed by atoms with Gasteiger partial charge in [-0.05, 0) is 12.0 Å². The van der Waals surface area contributed by atoms with Gasteiger partial charge < -0.3 is 20.6 Å². The summed E-state index contributed by atoms with van der Waals surface area (Å²) in [4.78, 5) is 13.2. The van der Waals surface area contributed by atoms with Gasteiger partial charge in [-0.2, -0.15) is 0 Å². The van der Waals surface area contributed by atoms with Crippen molar-refractivity contribution in [1.82, 2.24) is 10.2 Å². The van der Waals surface area contributed by atoms with E-state index in [4.69, 9.17) is 0 Å². The van der Waals surface area contributed by atoms with Gasteiger partial charge in [0, 0.05) is 20.0 Å². The molecule has 6 nitrogen and oxygen atoms in total. The molecule has 6 heteroatoms. The Labute approximate surface area is 130 Å². The number of hydrogen-bond acceptors (Lipinski definition) is 5. The van der Waals surface area contributed by atoms with Gasteiger partial charge in [0.2, 0.25) is 5.91 Å². The van der Waals surface area contributed by atoms with E-state index in [0.717, 1.165) is 12.0 Å². The Bertz CT molecular complexity index is 482. The molecule has 0 unspecified atom stereocenters. The number of amides is 1. The summed E-state index contributed by atoms with van der Waals surface area (Å²) in [6.07, 6.45) is -1.40. The van der Waals surface area contributed by atoms with Gasteiger partial charge in [0.25, 0.3) is 0 Å². The standard InChI is InChI=1S/C16H24N2O4/c1-11(20)17-13-9-18(14(10-19)16(22)15(13)21)8-7-12-5-3-2-4-6-12/h2-6,13-16,19,21-22H,7-10H2,1H3,(H,17,20)/t13-,14+,15+,16+/m0/s1. The highest BCUT2D eigenvalue weighted by Gasteiger charge is 2.41. The SMILES string of the molecule is CC(=O)N[C@H]1CN(CCc2ccccc2)[C@H](CO)[C@@H](O)[C@@H]1O. The van der Waals surface area contributed by atoms with E-state index in [0.29, 0.717) is 13.1 Å². The van der Waals surface area contributed by atoms with Crippen LogP contribution in [0.2, 0.25) is 0 Å². The highest BCUT2D eigenvalue weighted by atomic mass is 16.3. The molecular formula is C16H24N2O4. The van der Waals surface area contributed by atoms with Crippen LogP contribution in [-0.4, -0.2) is 70.1 Å². The maximum Gasteiger partial charge on any atom is 0.217 e. The molecule has 0 aromatic heterocycles. The number of hydrogen-bond donors (Lipinski definition) is 4. The van der Waals surface area contributed by atoms with E-state index >= 15 is 0 Å². The Balaban J connectivity index is 2.04. The molecule has 1 aromatic carbocycles. The average Bonchev–Trinajstić information content (AvgIpc) is 2.51. The summed E-state index contributed by atoms with van der Waals surface area (Å²) in [6.45, 7) is 2.18. The van der Waals surface area contributed by atoms with Crippen LogP contribution in [0.25, 0.3) is 0 Å². The lowest BCUT2D eigenvalue weighted by Gasteiger charge is -2.45. The molecular weight excluding hydrogens is 284 g/mol. The summed E-state index contributed by atoms with van der Waals surface area (Å²) in [5.74, 6) is -0.248. The summed E-state index contributed by atoms with van der Waals surface area (Å²) in [6, 6.07) is 8.87. The molecule has 2 rings (SSSR count). The minimum Gasteiger partial charge on any atom is -0.395 e. The second-order valence-corrected chi connectivity index (χ2v) is 5.77. The number of nitrogens with zero attached hydrogens (tertiary/aromatic N) is 1. The number of nitrogens with one attached hydrogen (secondary N) is 1. The van der Waals surface area contributed by atoms with Gasteiger partial charge in [-0.15, -0.1) is 0 Å². The lowest BCUT2D eigenvalue weighted by molar-refractivity contribution is -0.128. The molecule has 0 spiro atoms. The van der Waals surface area contributed by atoms with Crippen molar-refractivity contribution in [3.63, 3.8) is 0 Å². The lowest BCUT2D eigenvalue weighted by Crippen LogP contribution is -2.66. The number of aliphatic hydroxyl groups excluding tert-OH is 3. The first-order chi connectivity index (χ1) is 10.5. The Kier molecular flexibility index (Phi) is 5.90. The van der Waals surface area contributed by atoms with Gasteiger partial charge in [0.15, 0.2) is 0 Å². The quantitative estimate of drug-likeness (QED) is 0.568. The Morgan fingerprint density at radius 1 is 1.27 bits per heavy atom. The van der Waals surface area contributed by atoms with E-state index in [9.17, 15) is 20.1 Å². The van der Waals surface area contributed by atoms with Gasteiger partial charge in [-0.1, -0.05) is 30.3 Å². The number of likely N-dealkylation sites (tertiary alicyclic amines) is 1. The Morgan fingerprint density at radius 2 is 1.95 bits per heavy atom. The normalized spacial score (nSPS) is 29.3. The molecule has 1 fully saturated rings. The fourth-order valence-electron chi connectivity index (χ4n) is 2.97. The predicted molar refractivity (Wildman–Crippen MR) is 82.2 cm³/mol. The highest BCUT2D eigenvalue weighted by molar-refractivity contribution is 5.73. The van der Waals surface area contributed by atoms with E-state index in [-0.39, 0.29) is 12.5 Å². The van der Waals surface area contributed by atoms with Crippen molar-refractivity contribution in [3.05, 3.63) is 35.9 Å². The maximum atomic E-state index is 11.2. The van der Waals surface area contributed by atoms with Gasteiger partial charge in [-0.25, -0.2) is 0 Å². The van der Waals surface area contributed by atoms with Gasteiger partial charge in [0.1, 0.15) is 6.10 Å². The fourth-order valence-corrected chi connectivity index (χ4v) is 2.97. The summed E-state index contributed by atoms with van der Waals surface area (Å²) in [5, 5.41) is 32.5. The third-order valence-electron chi connectivity index (χ3n) is 4.16. The van der Waals surface area contributed by atoms with E-state index in [1.807, 2.05) is 35.2 Å².